The fourth-order valence-electron chi connectivity index (χ4n) is 2.84. The molecule has 5 nitrogen and oxygen atoms in total. The Labute approximate surface area is 121 Å². The number of carbonyl (C=O) groups is 1. The summed E-state index contributed by atoms with van der Waals surface area (Å²) in [4.78, 5) is 14.0. The van der Waals surface area contributed by atoms with Gasteiger partial charge < -0.3 is 15.2 Å². The fraction of sp³-hybridized carbons (Fsp3) is 0.800. The third-order valence-corrected chi connectivity index (χ3v) is 4.17. The van der Waals surface area contributed by atoms with Gasteiger partial charge in [-0.25, -0.2) is 0 Å². The minimum absolute atomic E-state index is 0.0441. The first-order valence-corrected chi connectivity index (χ1v) is 7.67. The van der Waals surface area contributed by atoms with Crippen LogP contribution in [0, 0.1) is 5.92 Å². The van der Waals surface area contributed by atoms with Crippen molar-refractivity contribution in [3.63, 3.8) is 0 Å². The zero-order valence-electron chi connectivity index (χ0n) is 12.3. The first-order valence-electron chi connectivity index (χ1n) is 7.67. The van der Waals surface area contributed by atoms with Gasteiger partial charge in [0.15, 0.2) is 0 Å². The Kier molecular flexibility index (Phi) is 6.01. The minimum Gasteiger partial charge on any atom is -0.466 e. The van der Waals surface area contributed by atoms with E-state index in [4.69, 9.17) is 4.74 Å². The number of aliphatic hydroxyl groups excluding tert-OH is 1. The van der Waals surface area contributed by atoms with Gasteiger partial charge in [-0.1, -0.05) is 6.08 Å². The number of piperidine rings is 2. The van der Waals surface area contributed by atoms with Crippen LogP contribution in [0.25, 0.3) is 0 Å². The van der Waals surface area contributed by atoms with E-state index in [1.54, 1.807) is 0 Å². The maximum atomic E-state index is 11.7. The highest BCUT2D eigenvalue weighted by atomic mass is 16.5. The van der Waals surface area contributed by atoms with Gasteiger partial charge in [-0.15, -0.1) is 0 Å². The number of rotatable bonds is 4. The topological polar surface area (TPSA) is 61.8 Å². The van der Waals surface area contributed by atoms with Crippen LogP contribution >= 0.6 is 0 Å². The molecular weight excluding hydrogens is 256 g/mol. The lowest BCUT2D eigenvalue weighted by atomic mass is 9.96. The minimum atomic E-state index is -0.284. The molecule has 0 saturated carbocycles. The first-order chi connectivity index (χ1) is 9.70. The highest BCUT2D eigenvalue weighted by Crippen LogP contribution is 2.19. The number of aliphatic hydroxyl groups is 1. The normalized spacial score (nSPS) is 27.7. The van der Waals surface area contributed by atoms with Crippen molar-refractivity contribution >= 4 is 5.97 Å². The van der Waals surface area contributed by atoms with E-state index in [2.05, 4.69) is 16.3 Å². The second-order valence-corrected chi connectivity index (χ2v) is 5.59. The summed E-state index contributed by atoms with van der Waals surface area (Å²) < 4.78 is 5.08. The number of likely N-dealkylation sites (tertiary alicyclic amines) is 1. The zero-order chi connectivity index (χ0) is 14.4. The van der Waals surface area contributed by atoms with Gasteiger partial charge in [-0.05, 0) is 51.4 Å². The van der Waals surface area contributed by atoms with Crippen molar-refractivity contribution in [1.29, 1.82) is 0 Å². The van der Waals surface area contributed by atoms with Crippen molar-refractivity contribution in [3.8, 4) is 0 Å². The molecule has 0 aromatic carbocycles. The molecule has 114 valence electrons. The summed E-state index contributed by atoms with van der Waals surface area (Å²) in [6, 6.07) is 0. The van der Waals surface area contributed by atoms with Crippen molar-refractivity contribution in [3.05, 3.63) is 11.6 Å². The van der Waals surface area contributed by atoms with Crippen LogP contribution in [0.15, 0.2) is 11.6 Å². The highest BCUT2D eigenvalue weighted by Gasteiger charge is 2.25. The van der Waals surface area contributed by atoms with Crippen LogP contribution in [0.1, 0.15) is 26.2 Å². The molecule has 2 aliphatic heterocycles. The summed E-state index contributed by atoms with van der Waals surface area (Å²) in [6.07, 6.45) is 4.41. The molecule has 2 rings (SSSR count). The van der Waals surface area contributed by atoms with E-state index < -0.39 is 0 Å². The molecule has 0 amide bonds. The molecule has 2 saturated heterocycles. The standard InChI is InChI=1S/C15H26N2O3/c1-2-20-15(19)12-4-8-17(9-5-12)10-6-13-11-16-7-3-14(13)18/h6,12,14,16,18H,2-5,7-11H2,1H3/b13-6+. The molecule has 0 aromatic heterocycles. The molecule has 0 aliphatic carbocycles. The third kappa shape index (κ3) is 4.30. The molecule has 2 heterocycles. The molecule has 0 aromatic rings. The van der Waals surface area contributed by atoms with Gasteiger partial charge >= 0.3 is 5.97 Å². The maximum absolute atomic E-state index is 11.7. The summed E-state index contributed by atoms with van der Waals surface area (Å²) in [5.41, 5.74) is 1.10. The van der Waals surface area contributed by atoms with Gasteiger partial charge in [0.05, 0.1) is 18.6 Å². The molecule has 1 unspecified atom stereocenters. The number of esters is 1. The van der Waals surface area contributed by atoms with E-state index in [-0.39, 0.29) is 18.0 Å². The zero-order valence-corrected chi connectivity index (χ0v) is 12.3. The third-order valence-electron chi connectivity index (χ3n) is 4.17. The molecule has 20 heavy (non-hydrogen) atoms. The predicted molar refractivity (Wildman–Crippen MR) is 77.4 cm³/mol. The average molecular weight is 282 g/mol. The van der Waals surface area contributed by atoms with Crippen LogP contribution in [0.3, 0.4) is 0 Å². The van der Waals surface area contributed by atoms with Gasteiger partial charge in [0.25, 0.3) is 0 Å². The molecule has 2 N–H and O–H groups in total. The lowest BCUT2D eigenvalue weighted by Gasteiger charge is -2.30. The molecule has 2 aliphatic rings. The van der Waals surface area contributed by atoms with E-state index in [1.807, 2.05) is 6.92 Å². The molecule has 0 spiro atoms. The summed E-state index contributed by atoms with van der Waals surface area (Å²) in [5.74, 6) is 0.0261. The number of hydrogen-bond donors (Lipinski definition) is 2. The lowest BCUT2D eigenvalue weighted by Crippen LogP contribution is -2.38. The first kappa shape index (κ1) is 15.5. The van der Waals surface area contributed by atoms with E-state index in [0.29, 0.717) is 6.61 Å². The van der Waals surface area contributed by atoms with Gasteiger partial charge in [0, 0.05) is 13.1 Å². The molecule has 1 atom stereocenters. The number of nitrogens with zero attached hydrogens (tertiary/aromatic N) is 1. The van der Waals surface area contributed by atoms with E-state index in [9.17, 15) is 9.90 Å². The molecular formula is C15H26N2O3. The fourth-order valence-corrected chi connectivity index (χ4v) is 2.84. The average Bonchev–Trinajstić information content (AvgIpc) is 2.47. The molecule has 2 fully saturated rings. The summed E-state index contributed by atoms with van der Waals surface area (Å²) in [5, 5.41) is 13.2. The second kappa shape index (κ2) is 7.76. The quantitative estimate of drug-likeness (QED) is 0.582. The Morgan fingerprint density at radius 2 is 2.20 bits per heavy atom. The van der Waals surface area contributed by atoms with Crippen molar-refractivity contribution in [2.75, 3.05) is 39.3 Å². The van der Waals surface area contributed by atoms with Gasteiger partial charge in [-0.2, -0.15) is 0 Å². The number of hydrogen-bond acceptors (Lipinski definition) is 5. The van der Waals surface area contributed by atoms with Crippen LogP contribution in [0.4, 0.5) is 0 Å². The largest absolute Gasteiger partial charge is 0.466 e. The van der Waals surface area contributed by atoms with E-state index in [0.717, 1.165) is 57.6 Å². The van der Waals surface area contributed by atoms with Crippen LogP contribution in [0.2, 0.25) is 0 Å². The molecule has 0 radical (unpaired) electrons. The Bertz CT molecular complexity index is 349. The van der Waals surface area contributed by atoms with Crippen molar-refractivity contribution in [1.82, 2.24) is 10.2 Å². The maximum Gasteiger partial charge on any atom is 0.309 e. The van der Waals surface area contributed by atoms with Crippen LogP contribution in [-0.4, -0.2) is 61.4 Å². The molecule has 5 heteroatoms. The Morgan fingerprint density at radius 1 is 1.45 bits per heavy atom. The van der Waals surface area contributed by atoms with Gasteiger partial charge in [0.1, 0.15) is 0 Å². The van der Waals surface area contributed by atoms with Gasteiger partial charge in [-0.3, -0.25) is 9.69 Å². The van der Waals surface area contributed by atoms with Crippen LogP contribution in [0.5, 0.6) is 0 Å². The van der Waals surface area contributed by atoms with Crippen LogP contribution < -0.4 is 5.32 Å². The number of ether oxygens (including phenoxy) is 1. The van der Waals surface area contributed by atoms with Crippen molar-refractivity contribution in [2.24, 2.45) is 5.92 Å². The SMILES string of the molecule is CCOC(=O)C1CCN(C/C=C2\CNCCC2O)CC1. The van der Waals surface area contributed by atoms with E-state index in [1.165, 1.54) is 0 Å². The smallest absolute Gasteiger partial charge is 0.309 e. The van der Waals surface area contributed by atoms with Crippen molar-refractivity contribution in [2.45, 2.75) is 32.3 Å². The predicted octanol–water partition coefficient (Wildman–Crippen LogP) is 0.542. The second-order valence-electron chi connectivity index (χ2n) is 5.59. The summed E-state index contributed by atoms with van der Waals surface area (Å²) >= 11 is 0. The van der Waals surface area contributed by atoms with Crippen LogP contribution in [-0.2, 0) is 9.53 Å². The Balaban J connectivity index is 1.74. The monoisotopic (exact) mass is 282 g/mol. The molecule has 0 bridgehead atoms. The Morgan fingerprint density at radius 3 is 2.85 bits per heavy atom. The highest BCUT2D eigenvalue weighted by molar-refractivity contribution is 5.72. The van der Waals surface area contributed by atoms with Gasteiger partial charge in [0.2, 0.25) is 0 Å². The number of carbonyl (C=O) groups excluding carboxylic acids is 1. The Hall–Kier alpha value is -0.910. The summed E-state index contributed by atoms with van der Waals surface area (Å²) in [7, 11) is 0. The van der Waals surface area contributed by atoms with Crippen molar-refractivity contribution < 1.29 is 14.6 Å². The summed E-state index contributed by atoms with van der Waals surface area (Å²) in [6.45, 7) is 6.72. The number of nitrogens with one attached hydrogen (secondary N) is 1. The van der Waals surface area contributed by atoms with E-state index >= 15 is 0 Å². The lowest BCUT2D eigenvalue weighted by molar-refractivity contribution is -0.149.